The molecule has 0 atom stereocenters. The van der Waals surface area contributed by atoms with E-state index in [1.165, 1.54) is 0 Å². The van der Waals surface area contributed by atoms with Crippen LogP contribution in [0.25, 0.3) is 6.08 Å². The molecule has 18 heavy (non-hydrogen) atoms. The summed E-state index contributed by atoms with van der Waals surface area (Å²) in [6, 6.07) is 7.23. The van der Waals surface area contributed by atoms with Crippen LogP contribution < -0.4 is 5.32 Å². The zero-order valence-electron chi connectivity index (χ0n) is 10.8. The molecule has 0 saturated heterocycles. The summed E-state index contributed by atoms with van der Waals surface area (Å²) in [5.74, 6) is -0.188. The smallest absolute Gasteiger partial charge is 0.247 e. The molecule has 0 radical (unpaired) electrons. The van der Waals surface area contributed by atoms with E-state index in [0.717, 1.165) is 5.56 Å². The Labute approximate surface area is 112 Å². The van der Waals surface area contributed by atoms with E-state index in [4.69, 9.17) is 11.6 Å². The molecule has 0 aliphatic carbocycles. The average Bonchev–Trinajstić information content (AvgIpc) is 2.28. The Morgan fingerprint density at radius 2 is 1.94 bits per heavy atom. The lowest BCUT2D eigenvalue weighted by Gasteiger charge is -2.17. The summed E-state index contributed by atoms with van der Waals surface area (Å²) in [6.45, 7) is 5.24. The highest BCUT2D eigenvalue weighted by Gasteiger charge is 2.14. The van der Waals surface area contributed by atoms with Crippen LogP contribution in [-0.4, -0.2) is 23.2 Å². The summed E-state index contributed by atoms with van der Waals surface area (Å²) in [7, 11) is 0. The molecule has 98 valence electrons. The fourth-order valence-corrected chi connectivity index (χ4v) is 1.44. The van der Waals surface area contributed by atoms with Crippen molar-refractivity contribution in [3.05, 3.63) is 40.4 Å². The molecule has 0 fully saturated rings. The van der Waals surface area contributed by atoms with Crippen molar-refractivity contribution in [3.8, 4) is 0 Å². The van der Waals surface area contributed by atoms with Gasteiger partial charge in [0.05, 0.1) is 5.60 Å². The molecule has 1 aromatic rings. The van der Waals surface area contributed by atoms with Crippen molar-refractivity contribution in [1.82, 2.24) is 5.32 Å². The second kappa shape index (κ2) is 6.03. The monoisotopic (exact) mass is 267 g/mol. The van der Waals surface area contributed by atoms with Gasteiger partial charge in [0.15, 0.2) is 0 Å². The highest BCUT2D eigenvalue weighted by atomic mass is 35.5. The number of amides is 1. The first-order chi connectivity index (χ1) is 8.28. The summed E-state index contributed by atoms with van der Waals surface area (Å²) in [5, 5.41) is 12.9. The summed E-state index contributed by atoms with van der Waals surface area (Å²) < 4.78 is 0. The second-order valence-electron chi connectivity index (χ2n) is 4.87. The molecular weight excluding hydrogens is 250 g/mol. The maximum Gasteiger partial charge on any atom is 0.247 e. The van der Waals surface area contributed by atoms with E-state index in [2.05, 4.69) is 5.32 Å². The van der Waals surface area contributed by atoms with Crippen molar-refractivity contribution in [2.75, 3.05) is 6.54 Å². The molecule has 0 heterocycles. The fourth-order valence-electron chi connectivity index (χ4n) is 1.31. The standard InChI is InChI=1S/C14H18ClNO2/c1-10(13(17)16-9-14(2,3)18)8-11-4-6-12(15)7-5-11/h4-8,18H,9H2,1-3H3,(H,16,17)/b10-8+. The highest BCUT2D eigenvalue weighted by molar-refractivity contribution is 6.30. The molecule has 2 N–H and O–H groups in total. The van der Waals surface area contributed by atoms with Gasteiger partial charge >= 0.3 is 0 Å². The van der Waals surface area contributed by atoms with Crippen molar-refractivity contribution in [3.63, 3.8) is 0 Å². The van der Waals surface area contributed by atoms with E-state index in [9.17, 15) is 9.90 Å². The molecule has 0 bridgehead atoms. The second-order valence-corrected chi connectivity index (χ2v) is 5.31. The van der Waals surface area contributed by atoms with Crippen LogP contribution in [0.15, 0.2) is 29.8 Å². The molecule has 0 aliphatic heterocycles. The Hall–Kier alpha value is -1.32. The van der Waals surface area contributed by atoms with E-state index in [-0.39, 0.29) is 12.5 Å². The van der Waals surface area contributed by atoms with E-state index >= 15 is 0 Å². The van der Waals surface area contributed by atoms with Gasteiger partial charge in [0.25, 0.3) is 0 Å². The van der Waals surface area contributed by atoms with Crippen LogP contribution in [0.2, 0.25) is 5.02 Å². The lowest BCUT2D eigenvalue weighted by molar-refractivity contribution is -0.118. The van der Waals surface area contributed by atoms with Crippen LogP contribution in [0, 0.1) is 0 Å². The molecule has 1 rings (SSSR count). The van der Waals surface area contributed by atoms with Crippen LogP contribution in [0.1, 0.15) is 26.3 Å². The topological polar surface area (TPSA) is 49.3 Å². The average molecular weight is 268 g/mol. The Kier molecular flexibility index (Phi) is 4.93. The number of carbonyl (C=O) groups is 1. The van der Waals surface area contributed by atoms with Crippen LogP contribution in [-0.2, 0) is 4.79 Å². The van der Waals surface area contributed by atoms with E-state index in [1.807, 2.05) is 12.1 Å². The summed E-state index contributed by atoms with van der Waals surface area (Å²) >= 11 is 5.78. The van der Waals surface area contributed by atoms with Gasteiger partial charge in [-0.25, -0.2) is 0 Å². The largest absolute Gasteiger partial charge is 0.389 e. The minimum Gasteiger partial charge on any atom is -0.389 e. The van der Waals surface area contributed by atoms with Crippen molar-refractivity contribution >= 4 is 23.6 Å². The molecule has 1 aromatic carbocycles. The van der Waals surface area contributed by atoms with Crippen molar-refractivity contribution in [2.24, 2.45) is 0 Å². The zero-order chi connectivity index (χ0) is 13.8. The minimum atomic E-state index is -0.907. The third-order valence-electron chi connectivity index (χ3n) is 2.29. The lowest BCUT2D eigenvalue weighted by atomic mass is 10.1. The van der Waals surface area contributed by atoms with Crippen LogP contribution in [0.4, 0.5) is 0 Å². The maximum atomic E-state index is 11.7. The SMILES string of the molecule is C/C(=C\c1ccc(Cl)cc1)C(=O)NCC(C)(C)O. The van der Waals surface area contributed by atoms with E-state index < -0.39 is 5.60 Å². The summed E-state index contributed by atoms with van der Waals surface area (Å²) in [5.41, 5.74) is 0.591. The van der Waals surface area contributed by atoms with Gasteiger partial charge in [-0.05, 0) is 44.5 Å². The number of carbonyl (C=O) groups excluding carboxylic acids is 1. The van der Waals surface area contributed by atoms with Gasteiger partial charge in [-0.3, -0.25) is 4.79 Å². The fraction of sp³-hybridized carbons (Fsp3) is 0.357. The third kappa shape index (κ3) is 5.34. The molecule has 0 aliphatic rings. The number of hydrogen-bond donors (Lipinski definition) is 2. The Balaban J connectivity index is 2.66. The zero-order valence-corrected chi connectivity index (χ0v) is 11.6. The number of halogens is 1. The first-order valence-corrected chi connectivity index (χ1v) is 6.10. The van der Waals surface area contributed by atoms with E-state index in [0.29, 0.717) is 10.6 Å². The first kappa shape index (κ1) is 14.7. The molecule has 4 heteroatoms. The maximum absolute atomic E-state index is 11.7. The quantitative estimate of drug-likeness (QED) is 0.824. The number of benzene rings is 1. The van der Waals surface area contributed by atoms with Crippen LogP contribution >= 0.6 is 11.6 Å². The summed E-state index contributed by atoms with van der Waals surface area (Å²) in [4.78, 5) is 11.7. The minimum absolute atomic E-state index is 0.188. The molecule has 0 saturated carbocycles. The molecule has 1 amide bonds. The van der Waals surface area contributed by atoms with Gasteiger partial charge in [-0.2, -0.15) is 0 Å². The van der Waals surface area contributed by atoms with Crippen molar-refractivity contribution in [2.45, 2.75) is 26.4 Å². The molecule has 0 aromatic heterocycles. The molecule has 3 nitrogen and oxygen atoms in total. The van der Waals surface area contributed by atoms with Gasteiger partial charge in [0, 0.05) is 17.1 Å². The molecule has 0 spiro atoms. The number of aliphatic hydroxyl groups is 1. The number of rotatable bonds is 4. The Bertz CT molecular complexity index is 444. The lowest BCUT2D eigenvalue weighted by Crippen LogP contribution is -2.38. The van der Waals surface area contributed by atoms with Gasteiger partial charge in [0.1, 0.15) is 0 Å². The van der Waals surface area contributed by atoms with Crippen molar-refractivity contribution in [1.29, 1.82) is 0 Å². The number of nitrogens with one attached hydrogen (secondary N) is 1. The predicted molar refractivity (Wildman–Crippen MR) is 74.4 cm³/mol. The molecular formula is C14H18ClNO2. The van der Waals surface area contributed by atoms with Gasteiger partial charge < -0.3 is 10.4 Å². The Morgan fingerprint density at radius 1 is 1.39 bits per heavy atom. The Morgan fingerprint density at radius 3 is 2.44 bits per heavy atom. The highest BCUT2D eigenvalue weighted by Crippen LogP contribution is 2.12. The van der Waals surface area contributed by atoms with Gasteiger partial charge in [-0.1, -0.05) is 23.7 Å². The van der Waals surface area contributed by atoms with Gasteiger partial charge in [0.2, 0.25) is 5.91 Å². The van der Waals surface area contributed by atoms with Gasteiger partial charge in [-0.15, -0.1) is 0 Å². The summed E-state index contributed by atoms with van der Waals surface area (Å²) in [6.07, 6.45) is 1.77. The molecule has 0 unspecified atom stereocenters. The van der Waals surface area contributed by atoms with Crippen molar-refractivity contribution < 1.29 is 9.90 Å². The van der Waals surface area contributed by atoms with Crippen LogP contribution in [0.5, 0.6) is 0 Å². The van der Waals surface area contributed by atoms with Crippen LogP contribution in [0.3, 0.4) is 0 Å². The first-order valence-electron chi connectivity index (χ1n) is 5.72. The third-order valence-corrected chi connectivity index (χ3v) is 2.54. The normalized spacial score (nSPS) is 12.4. The predicted octanol–water partition coefficient (Wildman–Crippen LogP) is 2.63. The number of hydrogen-bond acceptors (Lipinski definition) is 2. The van der Waals surface area contributed by atoms with E-state index in [1.54, 1.807) is 39.0 Å².